The molecule has 0 saturated heterocycles. The summed E-state index contributed by atoms with van der Waals surface area (Å²) in [5.41, 5.74) is -0.335. The zero-order valence-corrected chi connectivity index (χ0v) is 20.4. The van der Waals surface area contributed by atoms with Crippen LogP contribution >= 0.6 is 0 Å². The fraction of sp³-hybridized carbons (Fsp3) is 0.292. The summed E-state index contributed by atoms with van der Waals surface area (Å²) in [6.07, 6.45) is 2.06. The van der Waals surface area contributed by atoms with Crippen molar-refractivity contribution in [3.05, 3.63) is 80.9 Å². The normalized spacial score (nSPS) is 10.7. The zero-order valence-electron chi connectivity index (χ0n) is 20.4. The summed E-state index contributed by atoms with van der Waals surface area (Å²) in [7, 11) is 2.82. The van der Waals surface area contributed by atoms with Gasteiger partial charge in [0.05, 0.1) is 53.4 Å². The highest BCUT2D eigenvalue weighted by molar-refractivity contribution is 5.98. The van der Waals surface area contributed by atoms with Crippen LogP contribution in [0.3, 0.4) is 0 Å². The number of Topliss-reactive ketones (excluding diaryl/α,β-unsaturated/α-hetero) is 1. The number of carbonyl (C=O) groups is 1. The highest BCUT2D eigenvalue weighted by atomic mass is 16.6. The number of benzene rings is 2. The number of hydrogen-bond acceptors (Lipinski definition) is 10. The standard InChI is InChI=1S/C12H15NO5.C12H13NO5/c2*1-4-5-18-12-7-10(13(15)16)9(8(2)14)6-11(12)17-3/h4,6-8,14H,1,5H2,2-3H3;4,6-7H,1,5H2,2-3H3. The van der Waals surface area contributed by atoms with E-state index in [4.69, 9.17) is 18.9 Å². The predicted molar refractivity (Wildman–Crippen MR) is 131 cm³/mol. The molecular formula is C24H28N2O10. The third-order valence-corrected chi connectivity index (χ3v) is 4.53. The van der Waals surface area contributed by atoms with Crippen LogP contribution in [-0.2, 0) is 0 Å². The van der Waals surface area contributed by atoms with Gasteiger partial charge in [-0.25, -0.2) is 0 Å². The fourth-order valence-electron chi connectivity index (χ4n) is 2.88. The average molecular weight is 504 g/mol. The van der Waals surface area contributed by atoms with Crippen molar-refractivity contribution in [2.75, 3.05) is 27.4 Å². The summed E-state index contributed by atoms with van der Waals surface area (Å²) in [5, 5.41) is 31.3. The highest BCUT2D eigenvalue weighted by Crippen LogP contribution is 2.37. The Bertz CT molecular complexity index is 1130. The molecule has 0 heterocycles. The highest BCUT2D eigenvalue weighted by Gasteiger charge is 2.23. The molecule has 0 aliphatic rings. The zero-order chi connectivity index (χ0) is 27.4. The van der Waals surface area contributed by atoms with Gasteiger partial charge in [0, 0.05) is 6.07 Å². The van der Waals surface area contributed by atoms with Crippen molar-refractivity contribution in [3.63, 3.8) is 0 Å². The molecule has 0 bridgehead atoms. The molecule has 0 aliphatic heterocycles. The van der Waals surface area contributed by atoms with E-state index in [1.165, 1.54) is 64.5 Å². The van der Waals surface area contributed by atoms with Crippen LogP contribution in [0.2, 0.25) is 0 Å². The molecule has 194 valence electrons. The first kappa shape index (κ1) is 29.6. The number of nitro benzene ring substituents is 2. The van der Waals surface area contributed by atoms with Crippen LogP contribution in [0.25, 0.3) is 0 Å². The maximum atomic E-state index is 11.3. The van der Waals surface area contributed by atoms with E-state index in [1.807, 2.05) is 0 Å². The molecule has 0 fully saturated rings. The van der Waals surface area contributed by atoms with Gasteiger partial charge in [0.1, 0.15) is 13.2 Å². The van der Waals surface area contributed by atoms with Gasteiger partial charge in [0.2, 0.25) is 0 Å². The summed E-state index contributed by atoms with van der Waals surface area (Å²) >= 11 is 0. The van der Waals surface area contributed by atoms with Gasteiger partial charge in [0.25, 0.3) is 11.4 Å². The number of nitro groups is 2. The van der Waals surface area contributed by atoms with Gasteiger partial charge in [-0.15, -0.1) is 0 Å². The molecule has 1 N–H and O–H groups in total. The molecule has 0 radical (unpaired) electrons. The minimum absolute atomic E-state index is 0.0113. The van der Waals surface area contributed by atoms with E-state index in [1.54, 1.807) is 0 Å². The Hall–Kier alpha value is -4.45. The van der Waals surface area contributed by atoms with E-state index in [-0.39, 0.29) is 53.0 Å². The van der Waals surface area contributed by atoms with Crippen LogP contribution in [0.4, 0.5) is 11.4 Å². The molecule has 0 aromatic heterocycles. The van der Waals surface area contributed by atoms with Crippen LogP contribution in [0.5, 0.6) is 23.0 Å². The number of carbonyl (C=O) groups excluding carboxylic acids is 1. The number of methoxy groups -OCH3 is 2. The van der Waals surface area contributed by atoms with Crippen molar-refractivity contribution >= 4 is 17.2 Å². The Morgan fingerprint density at radius 2 is 1.36 bits per heavy atom. The van der Waals surface area contributed by atoms with Crippen molar-refractivity contribution < 1.29 is 38.7 Å². The number of hydrogen-bond donors (Lipinski definition) is 1. The first-order chi connectivity index (χ1) is 17.0. The lowest BCUT2D eigenvalue weighted by Crippen LogP contribution is -2.04. The summed E-state index contributed by atoms with van der Waals surface area (Å²) in [6.45, 7) is 10.1. The molecule has 0 spiro atoms. The Balaban J connectivity index is 0.000000360. The Kier molecular flexibility index (Phi) is 11.6. The lowest BCUT2D eigenvalue weighted by Gasteiger charge is -2.13. The molecule has 0 saturated carbocycles. The van der Waals surface area contributed by atoms with Gasteiger partial charge in [-0.1, -0.05) is 25.3 Å². The molecular weight excluding hydrogens is 476 g/mol. The van der Waals surface area contributed by atoms with E-state index < -0.39 is 21.7 Å². The number of ketones is 1. The largest absolute Gasteiger partial charge is 0.493 e. The van der Waals surface area contributed by atoms with E-state index in [0.29, 0.717) is 5.75 Å². The van der Waals surface area contributed by atoms with Gasteiger partial charge < -0.3 is 24.1 Å². The van der Waals surface area contributed by atoms with Crippen LogP contribution in [0.15, 0.2) is 49.6 Å². The quantitative estimate of drug-likeness (QED) is 0.187. The van der Waals surface area contributed by atoms with Crippen molar-refractivity contribution in [1.82, 2.24) is 0 Å². The SMILES string of the molecule is C=CCOc1cc([N+](=O)[O-])c(C(C)=O)cc1OC.C=CCOc1cc([N+](=O)[O-])c(C(C)O)cc1OC. The molecule has 36 heavy (non-hydrogen) atoms. The van der Waals surface area contributed by atoms with E-state index in [2.05, 4.69) is 13.2 Å². The number of rotatable bonds is 12. The second-order valence-electron chi connectivity index (χ2n) is 7.03. The van der Waals surface area contributed by atoms with Crippen molar-refractivity contribution in [1.29, 1.82) is 0 Å². The third kappa shape index (κ3) is 7.81. The minimum Gasteiger partial charge on any atom is -0.493 e. The molecule has 12 heteroatoms. The Labute approximate surface area is 207 Å². The number of aliphatic hydroxyl groups is 1. The molecule has 0 amide bonds. The number of aliphatic hydroxyl groups excluding tert-OH is 1. The van der Waals surface area contributed by atoms with Crippen molar-refractivity contribution in [2.24, 2.45) is 0 Å². The Morgan fingerprint density at radius 1 is 0.917 bits per heavy atom. The molecule has 1 atom stereocenters. The van der Waals surface area contributed by atoms with Crippen molar-refractivity contribution in [3.8, 4) is 23.0 Å². The fourth-order valence-corrected chi connectivity index (χ4v) is 2.88. The van der Waals surface area contributed by atoms with Crippen LogP contribution in [0, 0.1) is 20.2 Å². The van der Waals surface area contributed by atoms with Crippen LogP contribution in [0.1, 0.15) is 35.9 Å². The van der Waals surface area contributed by atoms with Crippen molar-refractivity contribution in [2.45, 2.75) is 20.0 Å². The van der Waals surface area contributed by atoms with Gasteiger partial charge in [-0.3, -0.25) is 25.0 Å². The van der Waals surface area contributed by atoms with Gasteiger partial charge in [0.15, 0.2) is 28.8 Å². The third-order valence-electron chi connectivity index (χ3n) is 4.53. The predicted octanol–water partition coefficient (Wildman–Crippen LogP) is 4.59. The van der Waals surface area contributed by atoms with Crippen LogP contribution < -0.4 is 18.9 Å². The topological polar surface area (TPSA) is 160 Å². The molecule has 0 aliphatic carbocycles. The monoisotopic (exact) mass is 504 g/mol. The first-order valence-electron chi connectivity index (χ1n) is 10.4. The van der Waals surface area contributed by atoms with Gasteiger partial charge in [-0.2, -0.15) is 0 Å². The molecule has 2 rings (SSSR count). The summed E-state index contributed by atoms with van der Waals surface area (Å²) in [6, 6.07) is 5.13. The first-order valence-corrected chi connectivity index (χ1v) is 10.4. The summed E-state index contributed by atoms with van der Waals surface area (Å²) < 4.78 is 20.6. The number of nitrogens with zero attached hydrogens (tertiary/aromatic N) is 2. The van der Waals surface area contributed by atoms with E-state index in [0.717, 1.165) is 0 Å². The maximum absolute atomic E-state index is 11.3. The van der Waals surface area contributed by atoms with Gasteiger partial charge >= 0.3 is 0 Å². The van der Waals surface area contributed by atoms with E-state index in [9.17, 15) is 30.1 Å². The maximum Gasteiger partial charge on any atom is 0.284 e. The average Bonchev–Trinajstić information content (AvgIpc) is 2.84. The second kappa shape index (κ2) is 14.1. The molecule has 12 nitrogen and oxygen atoms in total. The lowest BCUT2D eigenvalue weighted by molar-refractivity contribution is -0.386. The van der Waals surface area contributed by atoms with E-state index >= 15 is 0 Å². The molecule has 2 aromatic rings. The summed E-state index contributed by atoms with van der Waals surface area (Å²) in [4.78, 5) is 32.0. The Morgan fingerprint density at radius 3 is 1.72 bits per heavy atom. The number of ether oxygens (including phenoxy) is 4. The second-order valence-corrected chi connectivity index (χ2v) is 7.03. The summed E-state index contributed by atoms with van der Waals surface area (Å²) in [5.74, 6) is 0.642. The molecule has 1 unspecified atom stereocenters. The lowest BCUT2D eigenvalue weighted by atomic mass is 10.1. The molecule has 2 aromatic carbocycles. The van der Waals surface area contributed by atoms with Gasteiger partial charge in [-0.05, 0) is 19.9 Å². The smallest absolute Gasteiger partial charge is 0.284 e. The van der Waals surface area contributed by atoms with Crippen LogP contribution in [-0.4, -0.2) is 48.2 Å². The minimum atomic E-state index is -0.965.